The molecule has 0 aromatic carbocycles. The summed E-state index contributed by atoms with van der Waals surface area (Å²) in [5.41, 5.74) is -1.13. The number of esters is 1. The highest BCUT2D eigenvalue weighted by atomic mass is 16.6. The average Bonchev–Trinajstić information content (AvgIpc) is 2.93. The summed E-state index contributed by atoms with van der Waals surface area (Å²) < 4.78 is 10.1. The maximum atomic E-state index is 12.1. The molecule has 8 heteroatoms. The first kappa shape index (κ1) is 13.9. The summed E-state index contributed by atoms with van der Waals surface area (Å²) in [7, 11) is 0. The monoisotopic (exact) mass is 278 g/mol. The predicted octanol–water partition coefficient (Wildman–Crippen LogP) is 0.991. The van der Waals surface area contributed by atoms with Gasteiger partial charge >= 0.3 is 12.0 Å². The zero-order chi connectivity index (χ0) is 14.9. The van der Waals surface area contributed by atoms with Crippen LogP contribution < -0.4 is 10.2 Å². The molecule has 1 aromatic rings. The van der Waals surface area contributed by atoms with Crippen LogP contribution in [0.5, 0.6) is 0 Å². The number of ether oxygens (including phenoxy) is 1. The fraction of sp³-hybridized carbons (Fsp3) is 0.500. The van der Waals surface area contributed by atoms with Crippen LogP contribution in [0.2, 0.25) is 0 Å². The van der Waals surface area contributed by atoms with Crippen molar-refractivity contribution in [2.75, 3.05) is 11.4 Å². The van der Waals surface area contributed by atoms with Gasteiger partial charge in [-0.25, -0.2) is 9.69 Å². The molecule has 8 nitrogen and oxygen atoms in total. The highest BCUT2D eigenvalue weighted by Gasteiger charge is 2.53. The topological polar surface area (TPSA) is 108 Å². The molecular formula is C12H14N4O4. The maximum absolute atomic E-state index is 12.1. The minimum Gasteiger partial charge on any atom is -0.436 e. The molecule has 0 saturated carbocycles. The molecule has 1 N–H and O–H groups in total. The first-order valence-corrected chi connectivity index (χ1v) is 6.04. The van der Waals surface area contributed by atoms with Gasteiger partial charge in [0.2, 0.25) is 11.5 Å². The predicted molar refractivity (Wildman–Crippen MR) is 66.4 cm³/mol. The lowest BCUT2D eigenvalue weighted by molar-refractivity contribution is -0.159. The molecule has 1 fully saturated rings. The lowest BCUT2D eigenvalue weighted by atomic mass is 9.98. The fourth-order valence-electron chi connectivity index (χ4n) is 2.19. The van der Waals surface area contributed by atoms with Crippen LogP contribution in [0.3, 0.4) is 0 Å². The van der Waals surface area contributed by atoms with Crippen LogP contribution >= 0.6 is 0 Å². The standard InChI is InChI=1S/C12H14N4O4/c1-7(2)12(20-8(3)17)6-14-11(18)16(12)10-9(4-13)5-19-15-10/h5,7H,6H2,1-3H3,(H,14,18). The molecule has 1 unspecified atom stereocenters. The number of anilines is 1. The highest BCUT2D eigenvalue weighted by molar-refractivity contribution is 5.96. The molecule has 106 valence electrons. The molecule has 0 aliphatic carbocycles. The van der Waals surface area contributed by atoms with Crippen molar-refractivity contribution in [1.82, 2.24) is 10.5 Å². The minimum absolute atomic E-state index is 0.0393. The van der Waals surface area contributed by atoms with Crippen molar-refractivity contribution in [3.63, 3.8) is 0 Å². The van der Waals surface area contributed by atoms with Crippen molar-refractivity contribution in [3.05, 3.63) is 11.8 Å². The van der Waals surface area contributed by atoms with Crippen LogP contribution in [0.15, 0.2) is 10.8 Å². The highest BCUT2D eigenvalue weighted by Crippen LogP contribution is 2.35. The van der Waals surface area contributed by atoms with Gasteiger partial charge in [0, 0.05) is 12.8 Å². The van der Waals surface area contributed by atoms with Crippen molar-refractivity contribution < 1.29 is 18.8 Å². The molecule has 20 heavy (non-hydrogen) atoms. The van der Waals surface area contributed by atoms with E-state index in [-0.39, 0.29) is 23.8 Å². The number of urea groups is 1. The summed E-state index contributed by atoms with van der Waals surface area (Å²) in [5, 5.41) is 15.3. The van der Waals surface area contributed by atoms with Crippen molar-refractivity contribution >= 4 is 17.8 Å². The Morgan fingerprint density at radius 2 is 2.40 bits per heavy atom. The molecule has 2 heterocycles. The molecule has 1 aliphatic rings. The number of amides is 2. The normalized spacial score (nSPS) is 21.8. The number of hydrogen-bond acceptors (Lipinski definition) is 6. The molecule has 1 aliphatic heterocycles. The first-order chi connectivity index (χ1) is 9.42. The van der Waals surface area contributed by atoms with Crippen LogP contribution in [0, 0.1) is 17.2 Å². The van der Waals surface area contributed by atoms with Crippen LogP contribution in [-0.2, 0) is 9.53 Å². The Balaban J connectivity index is 2.54. The molecule has 0 bridgehead atoms. The molecule has 1 atom stereocenters. The third kappa shape index (κ3) is 1.97. The second-order valence-corrected chi connectivity index (χ2v) is 4.75. The third-order valence-electron chi connectivity index (χ3n) is 3.18. The number of carbonyl (C=O) groups is 2. The van der Waals surface area contributed by atoms with E-state index >= 15 is 0 Å². The smallest absolute Gasteiger partial charge is 0.326 e. The number of hydrogen-bond donors (Lipinski definition) is 1. The molecule has 2 amide bonds. The fourth-order valence-corrected chi connectivity index (χ4v) is 2.19. The average molecular weight is 278 g/mol. The van der Waals surface area contributed by atoms with Gasteiger partial charge in [0.05, 0.1) is 6.54 Å². The molecule has 1 saturated heterocycles. The van der Waals surface area contributed by atoms with E-state index in [1.165, 1.54) is 11.8 Å². The van der Waals surface area contributed by atoms with Crippen molar-refractivity contribution in [2.24, 2.45) is 5.92 Å². The Bertz CT molecular complexity index is 589. The number of nitrogens with zero attached hydrogens (tertiary/aromatic N) is 3. The van der Waals surface area contributed by atoms with E-state index in [1.54, 1.807) is 0 Å². The SMILES string of the molecule is CC(=O)OC1(C(C)C)CNC(=O)N1c1nocc1C#N. The Kier molecular flexibility index (Phi) is 3.36. The number of nitrogens with one attached hydrogen (secondary N) is 1. The molecule has 1 aromatic heterocycles. The van der Waals surface area contributed by atoms with Crippen LogP contribution in [0.4, 0.5) is 10.6 Å². The number of rotatable bonds is 3. The summed E-state index contributed by atoms with van der Waals surface area (Å²) >= 11 is 0. The second kappa shape index (κ2) is 4.85. The van der Waals surface area contributed by atoms with Crippen molar-refractivity contribution in [1.29, 1.82) is 5.26 Å². The van der Waals surface area contributed by atoms with Gasteiger partial charge in [-0.2, -0.15) is 5.26 Å². The van der Waals surface area contributed by atoms with Crippen molar-refractivity contribution in [2.45, 2.75) is 26.5 Å². The van der Waals surface area contributed by atoms with E-state index in [0.29, 0.717) is 0 Å². The molecule has 0 spiro atoms. The Morgan fingerprint density at radius 1 is 1.70 bits per heavy atom. The van der Waals surface area contributed by atoms with Gasteiger partial charge in [0.1, 0.15) is 17.9 Å². The van der Waals surface area contributed by atoms with E-state index < -0.39 is 17.7 Å². The van der Waals surface area contributed by atoms with Gasteiger partial charge in [-0.1, -0.05) is 19.0 Å². The molecule has 2 rings (SSSR count). The maximum Gasteiger partial charge on any atom is 0.326 e. The third-order valence-corrected chi connectivity index (χ3v) is 3.18. The van der Waals surface area contributed by atoms with E-state index in [2.05, 4.69) is 10.5 Å². The van der Waals surface area contributed by atoms with Crippen molar-refractivity contribution in [3.8, 4) is 6.07 Å². The molecule has 0 radical (unpaired) electrons. The van der Waals surface area contributed by atoms with Gasteiger partial charge in [-0.15, -0.1) is 0 Å². The molecular weight excluding hydrogens is 264 g/mol. The lowest BCUT2D eigenvalue weighted by Crippen LogP contribution is -2.55. The largest absolute Gasteiger partial charge is 0.436 e. The summed E-state index contributed by atoms with van der Waals surface area (Å²) in [6.07, 6.45) is 1.14. The zero-order valence-electron chi connectivity index (χ0n) is 11.3. The van der Waals surface area contributed by atoms with E-state index in [4.69, 9.17) is 14.5 Å². The first-order valence-electron chi connectivity index (χ1n) is 6.04. The van der Waals surface area contributed by atoms with Gasteiger partial charge in [0.25, 0.3) is 0 Å². The minimum atomic E-state index is -1.23. The Morgan fingerprint density at radius 3 is 2.95 bits per heavy atom. The Labute approximate surface area is 115 Å². The lowest BCUT2D eigenvalue weighted by Gasteiger charge is -2.37. The van der Waals surface area contributed by atoms with E-state index in [0.717, 1.165) is 6.26 Å². The number of nitriles is 1. The zero-order valence-corrected chi connectivity index (χ0v) is 11.3. The number of aromatic nitrogens is 1. The van der Waals surface area contributed by atoms with Crippen LogP contribution in [0.25, 0.3) is 0 Å². The van der Waals surface area contributed by atoms with Gasteiger partial charge in [-0.05, 0) is 0 Å². The summed E-state index contributed by atoms with van der Waals surface area (Å²) in [6, 6.07) is 1.39. The van der Waals surface area contributed by atoms with Crippen LogP contribution in [-0.4, -0.2) is 29.4 Å². The van der Waals surface area contributed by atoms with Gasteiger partial charge in [-0.3, -0.25) is 4.79 Å². The van der Waals surface area contributed by atoms with Crippen LogP contribution in [0.1, 0.15) is 26.3 Å². The summed E-state index contributed by atoms with van der Waals surface area (Å²) in [5.74, 6) is -0.701. The quantitative estimate of drug-likeness (QED) is 0.826. The second-order valence-electron chi connectivity index (χ2n) is 4.75. The summed E-state index contributed by atoms with van der Waals surface area (Å²) in [4.78, 5) is 24.6. The van der Waals surface area contributed by atoms with Gasteiger partial charge in [0.15, 0.2) is 0 Å². The Hall–Kier alpha value is -2.56. The van der Waals surface area contributed by atoms with E-state index in [9.17, 15) is 9.59 Å². The summed E-state index contributed by atoms with van der Waals surface area (Å²) in [6.45, 7) is 4.99. The number of carbonyl (C=O) groups excluding carboxylic acids is 2. The van der Waals surface area contributed by atoms with Gasteiger partial charge < -0.3 is 14.6 Å². The van der Waals surface area contributed by atoms with E-state index in [1.807, 2.05) is 19.9 Å².